The van der Waals surface area contributed by atoms with Crippen molar-refractivity contribution in [2.75, 3.05) is 53.6 Å². The lowest BCUT2D eigenvalue weighted by atomic mass is 10.2. The van der Waals surface area contributed by atoms with Crippen LogP contribution in [-0.4, -0.2) is 76.4 Å². The van der Waals surface area contributed by atoms with Crippen molar-refractivity contribution in [2.45, 2.75) is 38.7 Å². The summed E-state index contributed by atoms with van der Waals surface area (Å²) in [5.41, 5.74) is 0. The van der Waals surface area contributed by atoms with Crippen LogP contribution >= 0.6 is 24.0 Å². The van der Waals surface area contributed by atoms with Crippen molar-refractivity contribution in [3.63, 3.8) is 0 Å². The average molecular weight is 456 g/mol. The molecular formula is C16H33IN4O3. The maximum Gasteiger partial charge on any atom is 0.243 e. The summed E-state index contributed by atoms with van der Waals surface area (Å²) in [6, 6.07) is 0. The fourth-order valence-corrected chi connectivity index (χ4v) is 2.16. The van der Waals surface area contributed by atoms with E-state index in [1.807, 2.05) is 6.92 Å². The van der Waals surface area contributed by atoms with Crippen LogP contribution in [0.5, 0.6) is 0 Å². The van der Waals surface area contributed by atoms with Crippen LogP contribution in [-0.2, 0) is 14.3 Å². The average Bonchev–Trinajstić information content (AvgIpc) is 3.05. The zero-order chi connectivity index (χ0) is 16.9. The molecule has 1 unspecified atom stereocenters. The van der Waals surface area contributed by atoms with Crippen molar-refractivity contribution in [3.8, 4) is 0 Å². The molecule has 0 aromatic heterocycles. The predicted molar refractivity (Wildman–Crippen MR) is 107 cm³/mol. The highest BCUT2D eigenvalue weighted by Crippen LogP contribution is 2.10. The van der Waals surface area contributed by atoms with E-state index in [2.05, 4.69) is 15.6 Å². The van der Waals surface area contributed by atoms with Gasteiger partial charge in [0.2, 0.25) is 5.91 Å². The second kappa shape index (κ2) is 14.7. The zero-order valence-electron chi connectivity index (χ0n) is 15.2. The van der Waals surface area contributed by atoms with Crippen LogP contribution in [0.2, 0.25) is 0 Å². The van der Waals surface area contributed by atoms with E-state index in [-0.39, 0.29) is 42.5 Å². The number of nitrogens with zero attached hydrogens (tertiary/aromatic N) is 2. The minimum atomic E-state index is -0.0143. The van der Waals surface area contributed by atoms with Crippen molar-refractivity contribution in [2.24, 2.45) is 4.99 Å². The van der Waals surface area contributed by atoms with Gasteiger partial charge in [0.05, 0.1) is 6.10 Å². The van der Waals surface area contributed by atoms with Crippen molar-refractivity contribution in [3.05, 3.63) is 0 Å². The molecule has 0 aliphatic carbocycles. The molecule has 1 rings (SSSR count). The van der Waals surface area contributed by atoms with Gasteiger partial charge in [-0.2, -0.15) is 0 Å². The van der Waals surface area contributed by atoms with E-state index in [1.54, 1.807) is 19.0 Å². The van der Waals surface area contributed by atoms with Crippen LogP contribution in [0.1, 0.15) is 32.6 Å². The fourth-order valence-electron chi connectivity index (χ4n) is 2.16. The summed E-state index contributed by atoms with van der Waals surface area (Å²) in [4.78, 5) is 17.6. The molecular weight excluding hydrogens is 423 g/mol. The quantitative estimate of drug-likeness (QED) is 0.224. The molecule has 0 aromatic carbocycles. The van der Waals surface area contributed by atoms with E-state index in [0.717, 1.165) is 58.6 Å². The Labute approximate surface area is 162 Å². The lowest BCUT2D eigenvalue weighted by molar-refractivity contribution is -0.127. The van der Waals surface area contributed by atoms with Crippen molar-refractivity contribution < 1.29 is 14.3 Å². The molecule has 24 heavy (non-hydrogen) atoms. The van der Waals surface area contributed by atoms with E-state index in [1.165, 1.54) is 0 Å². The second-order valence-corrected chi connectivity index (χ2v) is 5.80. The fraction of sp³-hybridized carbons (Fsp3) is 0.875. The predicted octanol–water partition coefficient (Wildman–Crippen LogP) is 1.22. The van der Waals surface area contributed by atoms with Crippen molar-refractivity contribution in [1.82, 2.24) is 15.5 Å². The number of ether oxygens (including phenoxy) is 2. The van der Waals surface area contributed by atoms with Gasteiger partial charge in [-0.3, -0.25) is 4.79 Å². The summed E-state index contributed by atoms with van der Waals surface area (Å²) in [7, 11) is 3.47. The van der Waals surface area contributed by atoms with Gasteiger partial charge in [0.1, 0.15) is 6.54 Å². The number of aliphatic imine (C=N–C) groups is 1. The summed E-state index contributed by atoms with van der Waals surface area (Å²) in [6.07, 6.45) is 4.44. The van der Waals surface area contributed by atoms with Crippen LogP contribution in [0.4, 0.5) is 0 Å². The third kappa shape index (κ3) is 11.0. The number of guanidine groups is 1. The molecule has 7 nitrogen and oxygen atoms in total. The van der Waals surface area contributed by atoms with Gasteiger partial charge in [-0.1, -0.05) is 0 Å². The van der Waals surface area contributed by atoms with Gasteiger partial charge in [-0.15, -0.1) is 24.0 Å². The summed E-state index contributed by atoms with van der Waals surface area (Å²) >= 11 is 0. The van der Waals surface area contributed by atoms with Crippen molar-refractivity contribution >= 4 is 35.8 Å². The first-order chi connectivity index (χ1) is 11.1. The van der Waals surface area contributed by atoms with Gasteiger partial charge in [-0.25, -0.2) is 4.99 Å². The van der Waals surface area contributed by atoms with E-state index in [9.17, 15) is 4.79 Å². The molecule has 0 bridgehead atoms. The van der Waals surface area contributed by atoms with Gasteiger partial charge in [0, 0.05) is 47.0 Å². The van der Waals surface area contributed by atoms with Gasteiger partial charge in [0.25, 0.3) is 0 Å². The van der Waals surface area contributed by atoms with E-state index in [0.29, 0.717) is 5.96 Å². The first-order valence-electron chi connectivity index (χ1n) is 8.55. The molecule has 1 aliphatic rings. The minimum Gasteiger partial charge on any atom is -0.382 e. The molecule has 2 N–H and O–H groups in total. The first-order valence-corrected chi connectivity index (χ1v) is 8.55. The number of rotatable bonds is 10. The Morgan fingerprint density at radius 1 is 1.33 bits per heavy atom. The van der Waals surface area contributed by atoms with Gasteiger partial charge in [0.15, 0.2) is 5.96 Å². The number of unbranched alkanes of at least 4 members (excludes halogenated alkanes) is 1. The largest absolute Gasteiger partial charge is 0.382 e. The highest BCUT2D eigenvalue weighted by Gasteiger charge is 2.15. The Bertz CT molecular complexity index is 361. The first kappa shape index (κ1) is 23.4. The van der Waals surface area contributed by atoms with E-state index in [4.69, 9.17) is 9.47 Å². The molecule has 8 heteroatoms. The van der Waals surface area contributed by atoms with Crippen molar-refractivity contribution in [1.29, 1.82) is 0 Å². The Morgan fingerprint density at radius 3 is 2.75 bits per heavy atom. The number of hydrogen-bond donors (Lipinski definition) is 2. The molecule has 1 fully saturated rings. The summed E-state index contributed by atoms with van der Waals surface area (Å²) in [6.45, 7) is 6.06. The number of hydrogen-bond acceptors (Lipinski definition) is 4. The summed E-state index contributed by atoms with van der Waals surface area (Å²) in [5, 5.41) is 6.54. The normalized spacial score (nSPS) is 17.3. The smallest absolute Gasteiger partial charge is 0.243 e. The number of nitrogens with one attached hydrogen (secondary N) is 2. The van der Waals surface area contributed by atoms with Crippen LogP contribution in [0.3, 0.4) is 0 Å². The third-order valence-corrected chi connectivity index (χ3v) is 3.60. The van der Waals surface area contributed by atoms with Crippen LogP contribution in [0.15, 0.2) is 4.99 Å². The molecule has 1 amide bonds. The summed E-state index contributed by atoms with van der Waals surface area (Å²) < 4.78 is 10.9. The number of likely N-dealkylation sites (N-methyl/N-ethyl adjacent to an activating group) is 1. The molecule has 0 aromatic rings. The molecule has 1 saturated heterocycles. The molecule has 1 aliphatic heterocycles. The van der Waals surface area contributed by atoms with E-state index < -0.39 is 0 Å². The highest BCUT2D eigenvalue weighted by molar-refractivity contribution is 14.0. The Kier molecular flexibility index (Phi) is 14.3. The van der Waals surface area contributed by atoms with Crippen LogP contribution in [0.25, 0.3) is 0 Å². The maximum absolute atomic E-state index is 11.7. The summed E-state index contributed by atoms with van der Waals surface area (Å²) in [5.74, 6) is 0.659. The lowest BCUT2D eigenvalue weighted by Crippen LogP contribution is -2.42. The maximum atomic E-state index is 11.7. The van der Waals surface area contributed by atoms with Crippen LogP contribution in [0, 0.1) is 0 Å². The van der Waals surface area contributed by atoms with Crippen LogP contribution < -0.4 is 10.6 Å². The third-order valence-electron chi connectivity index (χ3n) is 3.60. The van der Waals surface area contributed by atoms with Gasteiger partial charge < -0.3 is 25.0 Å². The number of halogens is 1. The zero-order valence-corrected chi connectivity index (χ0v) is 17.5. The SMILES string of the molecule is CCOCCCCNC(=NCC(=O)N(C)C)NCC1CCCO1.I. The van der Waals surface area contributed by atoms with E-state index >= 15 is 0 Å². The molecule has 1 atom stereocenters. The van der Waals surface area contributed by atoms with Gasteiger partial charge >= 0.3 is 0 Å². The van der Waals surface area contributed by atoms with Gasteiger partial charge in [-0.05, 0) is 32.6 Å². The monoisotopic (exact) mass is 456 g/mol. The lowest BCUT2D eigenvalue weighted by Gasteiger charge is -2.16. The molecule has 0 spiro atoms. The number of amides is 1. The minimum absolute atomic E-state index is 0. The molecule has 0 saturated carbocycles. The number of carbonyl (C=O) groups is 1. The topological polar surface area (TPSA) is 75.2 Å². The second-order valence-electron chi connectivity index (χ2n) is 5.80. The number of carbonyl (C=O) groups excluding carboxylic acids is 1. The Hall–Kier alpha value is -0.610. The molecule has 142 valence electrons. The Balaban J connectivity index is 0.00000529. The molecule has 0 radical (unpaired) electrons. The molecule has 1 heterocycles. The standard InChI is InChI=1S/C16H32N4O3.HI/c1-4-22-10-6-5-9-17-16(19-13-15(21)20(2)3)18-12-14-8-7-11-23-14;/h14H,4-13H2,1-3H3,(H2,17,18,19);1H. The Morgan fingerprint density at radius 2 is 2.12 bits per heavy atom. The highest BCUT2D eigenvalue weighted by atomic mass is 127.